The summed E-state index contributed by atoms with van der Waals surface area (Å²) in [7, 11) is 0. The van der Waals surface area contributed by atoms with Gasteiger partial charge in [0.1, 0.15) is 0 Å². The first-order valence-corrected chi connectivity index (χ1v) is 4.72. The van der Waals surface area contributed by atoms with E-state index in [1.54, 1.807) is 0 Å². The van der Waals surface area contributed by atoms with E-state index in [4.69, 9.17) is 0 Å². The zero-order valence-electron chi connectivity index (χ0n) is 8.14. The van der Waals surface area contributed by atoms with Crippen LogP contribution in [0, 0.1) is 0 Å². The standard InChI is InChI=1S/C10H21N/c1-4-7-8-10-11(6-3)9-5-2/h5,9H,4,6-8,10H2,1-3H3. The molecule has 0 saturated heterocycles. The Morgan fingerprint density at radius 3 is 2.36 bits per heavy atom. The van der Waals surface area contributed by atoms with E-state index in [1.165, 1.54) is 25.8 Å². The normalized spacial score (nSPS) is 10.8. The first-order chi connectivity index (χ1) is 5.35. The van der Waals surface area contributed by atoms with Gasteiger partial charge < -0.3 is 4.90 Å². The van der Waals surface area contributed by atoms with Gasteiger partial charge in [-0.05, 0) is 26.5 Å². The third-order valence-electron chi connectivity index (χ3n) is 1.81. The number of nitrogens with zero attached hydrogens (tertiary/aromatic N) is 1. The monoisotopic (exact) mass is 155 g/mol. The van der Waals surface area contributed by atoms with Crippen LogP contribution in [0.25, 0.3) is 0 Å². The zero-order valence-corrected chi connectivity index (χ0v) is 8.14. The van der Waals surface area contributed by atoms with E-state index in [0.29, 0.717) is 0 Å². The van der Waals surface area contributed by atoms with E-state index in [0.717, 1.165) is 6.54 Å². The molecule has 0 bridgehead atoms. The summed E-state index contributed by atoms with van der Waals surface area (Å²) in [6, 6.07) is 0. The first-order valence-electron chi connectivity index (χ1n) is 4.72. The van der Waals surface area contributed by atoms with Crippen molar-refractivity contribution in [2.24, 2.45) is 0 Å². The van der Waals surface area contributed by atoms with Crippen molar-refractivity contribution in [2.75, 3.05) is 13.1 Å². The second-order valence-electron chi connectivity index (χ2n) is 2.82. The summed E-state index contributed by atoms with van der Waals surface area (Å²) in [4.78, 5) is 2.36. The Bertz CT molecular complexity index is 97.0. The van der Waals surface area contributed by atoms with Crippen molar-refractivity contribution in [1.82, 2.24) is 4.90 Å². The van der Waals surface area contributed by atoms with E-state index in [-0.39, 0.29) is 0 Å². The summed E-state index contributed by atoms with van der Waals surface area (Å²) >= 11 is 0. The van der Waals surface area contributed by atoms with Gasteiger partial charge >= 0.3 is 0 Å². The van der Waals surface area contributed by atoms with Gasteiger partial charge in [0.2, 0.25) is 0 Å². The summed E-state index contributed by atoms with van der Waals surface area (Å²) in [6.45, 7) is 8.86. The van der Waals surface area contributed by atoms with Crippen LogP contribution < -0.4 is 0 Å². The van der Waals surface area contributed by atoms with Crippen LogP contribution in [0.3, 0.4) is 0 Å². The Hall–Kier alpha value is -0.460. The molecule has 0 unspecified atom stereocenters. The van der Waals surface area contributed by atoms with E-state index >= 15 is 0 Å². The van der Waals surface area contributed by atoms with Crippen molar-refractivity contribution in [1.29, 1.82) is 0 Å². The molecular formula is C10H21N. The van der Waals surface area contributed by atoms with Crippen LogP contribution >= 0.6 is 0 Å². The number of unbranched alkanes of at least 4 members (excludes halogenated alkanes) is 2. The maximum absolute atomic E-state index is 2.36. The lowest BCUT2D eigenvalue weighted by molar-refractivity contribution is 0.382. The number of hydrogen-bond donors (Lipinski definition) is 0. The van der Waals surface area contributed by atoms with Crippen LogP contribution in [0.2, 0.25) is 0 Å². The summed E-state index contributed by atoms with van der Waals surface area (Å²) < 4.78 is 0. The minimum atomic E-state index is 1.13. The third kappa shape index (κ3) is 5.96. The van der Waals surface area contributed by atoms with Gasteiger partial charge in [-0.2, -0.15) is 0 Å². The lowest BCUT2D eigenvalue weighted by Gasteiger charge is -2.17. The molecule has 0 amide bonds. The summed E-state index contributed by atoms with van der Waals surface area (Å²) in [5.41, 5.74) is 0. The number of hydrogen-bond acceptors (Lipinski definition) is 1. The van der Waals surface area contributed by atoms with Crippen molar-refractivity contribution in [2.45, 2.75) is 40.0 Å². The average Bonchev–Trinajstić information content (AvgIpc) is 2.03. The summed E-state index contributed by atoms with van der Waals surface area (Å²) in [6.07, 6.45) is 8.28. The van der Waals surface area contributed by atoms with Gasteiger partial charge in [0.05, 0.1) is 0 Å². The van der Waals surface area contributed by atoms with E-state index < -0.39 is 0 Å². The van der Waals surface area contributed by atoms with Crippen molar-refractivity contribution in [3.8, 4) is 0 Å². The molecule has 0 heterocycles. The molecule has 0 fully saturated rings. The topological polar surface area (TPSA) is 3.24 Å². The van der Waals surface area contributed by atoms with Crippen molar-refractivity contribution in [3.05, 3.63) is 12.3 Å². The molecule has 1 nitrogen and oxygen atoms in total. The van der Waals surface area contributed by atoms with Crippen molar-refractivity contribution in [3.63, 3.8) is 0 Å². The molecule has 0 aliphatic rings. The molecule has 0 saturated carbocycles. The molecule has 0 atom stereocenters. The molecule has 0 aromatic carbocycles. The minimum Gasteiger partial charge on any atom is -0.378 e. The zero-order chi connectivity index (χ0) is 8.53. The van der Waals surface area contributed by atoms with Crippen LogP contribution in [0.15, 0.2) is 12.3 Å². The van der Waals surface area contributed by atoms with Gasteiger partial charge in [-0.15, -0.1) is 0 Å². The molecule has 0 aromatic rings. The Balaban J connectivity index is 3.36. The Labute approximate surface area is 71.1 Å². The fourth-order valence-corrected chi connectivity index (χ4v) is 1.11. The number of allylic oxidation sites excluding steroid dienone is 1. The van der Waals surface area contributed by atoms with Crippen LogP contribution in [0.5, 0.6) is 0 Å². The predicted molar refractivity (Wildman–Crippen MR) is 51.6 cm³/mol. The average molecular weight is 155 g/mol. The lowest BCUT2D eigenvalue weighted by Crippen LogP contribution is -2.17. The molecule has 0 spiro atoms. The Kier molecular flexibility index (Phi) is 7.33. The van der Waals surface area contributed by atoms with Crippen LogP contribution in [-0.4, -0.2) is 18.0 Å². The molecule has 0 aromatic heterocycles. The van der Waals surface area contributed by atoms with Gasteiger partial charge in [0, 0.05) is 13.1 Å². The van der Waals surface area contributed by atoms with E-state index in [1.807, 2.05) is 0 Å². The van der Waals surface area contributed by atoms with Gasteiger partial charge in [0.15, 0.2) is 0 Å². The highest BCUT2D eigenvalue weighted by Crippen LogP contribution is 1.98. The maximum atomic E-state index is 2.36. The highest BCUT2D eigenvalue weighted by molar-refractivity contribution is 4.77. The van der Waals surface area contributed by atoms with Crippen molar-refractivity contribution >= 4 is 0 Å². The van der Waals surface area contributed by atoms with Crippen molar-refractivity contribution < 1.29 is 0 Å². The molecular weight excluding hydrogens is 134 g/mol. The fraction of sp³-hybridized carbons (Fsp3) is 0.800. The summed E-state index contributed by atoms with van der Waals surface area (Å²) in [5, 5.41) is 0. The van der Waals surface area contributed by atoms with Gasteiger partial charge in [-0.25, -0.2) is 0 Å². The van der Waals surface area contributed by atoms with Gasteiger partial charge in [0.25, 0.3) is 0 Å². The highest BCUT2D eigenvalue weighted by Gasteiger charge is 1.92. The second-order valence-corrected chi connectivity index (χ2v) is 2.82. The van der Waals surface area contributed by atoms with Crippen LogP contribution in [0.1, 0.15) is 40.0 Å². The molecule has 0 aliphatic heterocycles. The van der Waals surface area contributed by atoms with Crippen LogP contribution in [0.4, 0.5) is 0 Å². The third-order valence-corrected chi connectivity index (χ3v) is 1.81. The molecule has 0 N–H and O–H groups in total. The molecule has 66 valence electrons. The summed E-state index contributed by atoms with van der Waals surface area (Å²) in [5.74, 6) is 0. The Morgan fingerprint density at radius 2 is 1.91 bits per heavy atom. The molecule has 0 rings (SSSR count). The maximum Gasteiger partial charge on any atom is 0.0172 e. The van der Waals surface area contributed by atoms with E-state index in [2.05, 4.69) is 37.9 Å². The van der Waals surface area contributed by atoms with Crippen LogP contribution in [-0.2, 0) is 0 Å². The predicted octanol–water partition coefficient (Wildman–Crippen LogP) is 3.03. The fourth-order valence-electron chi connectivity index (χ4n) is 1.11. The SMILES string of the molecule is CC=CN(CC)CCCCC. The second kappa shape index (κ2) is 7.64. The minimum absolute atomic E-state index is 1.13. The quantitative estimate of drug-likeness (QED) is 0.533. The molecule has 0 aliphatic carbocycles. The largest absolute Gasteiger partial charge is 0.378 e. The first kappa shape index (κ1) is 10.5. The highest BCUT2D eigenvalue weighted by atomic mass is 15.1. The lowest BCUT2D eigenvalue weighted by atomic mass is 10.2. The smallest absolute Gasteiger partial charge is 0.0172 e. The Morgan fingerprint density at radius 1 is 1.18 bits per heavy atom. The molecule has 11 heavy (non-hydrogen) atoms. The van der Waals surface area contributed by atoms with Gasteiger partial charge in [-0.1, -0.05) is 25.8 Å². The van der Waals surface area contributed by atoms with Gasteiger partial charge in [-0.3, -0.25) is 0 Å². The molecule has 0 radical (unpaired) electrons. The number of rotatable bonds is 6. The van der Waals surface area contributed by atoms with E-state index in [9.17, 15) is 0 Å². The molecule has 1 heteroatoms.